The molecular weight excluding hydrogens is 245 g/mol. The molecule has 0 radical (unpaired) electrons. The maximum atomic E-state index is 13.2. The van der Waals surface area contributed by atoms with Gasteiger partial charge in [0.15, 0.2) is 0 Å². The number of hydrogen-bond acceptors (Lipinski definition) is 2. The average molecular weight is 253 g/mol. The second kappa shape index (κ2) is 5.37. The third-order valence-corrected chi connectivity index (χ3v) is 2.58. The van der Waals surface area contributed by atoms with E-state index in [1.54, 1.807) is 24.3 Å². The second-order valence-electron chi connectivity index (χ2n) is 3.56. The molecule has 0 aliphatic rings. The van der Waals surface area contributed by atoms with E-state index in [4.69, 9.17) is 6.42 Å². The van der Waals surface area contributed by atoms with Crippen LogP contribution in [-0.4, -0.2) is 5.16 Å². The Kier molecular flexibility index (Phi) is 3.64. The first-order chi connectivity index (χ1) is 8.76. The zero-order valence-corrected chi connectivity index (χ0v) is 10.2. The summed E-state index contributed by atoms with van der Waals surface area (Å²) in [6.45, 7) is 0. The van der Waals surface area contributed by atoms with Gasteiger partial charge in [0.2, 0.25) is 0 Å². The van der Waals surface area contributed by atoms with Gasteiger partial charge in [0.05, 0.1) is 16.4 Å². The van der Waals surface area contributed by atoms with Crippen molar-refractivity contribution in [3.05, 3.63) is 53.8 Å². The molecule has 0 aliphatic heterocycles. The molecular formula is C15H8FNS. The smallest absolute Gasteiger partial charge is 0.123 e. The predicted molar refractivity (Wildman–Crippen MR) is 74.5 cm³/mol. The molecule has 86 valence electrons. The molecule has 0 amide bonds. The number of terminal acetylenes is 1. The molecule has 0 fully saturated rings. The Morgan fingerprint density at radius 2 is 1.94 bits per heavy atom. The quantitative estimate of drug-likeness (QED) is 0.443. The van der Waals surface area contributed by atoms with Crippen LogP contribution in [0.3, 0.4) is 0 Å². The van der Waals surface area contributed by atoms with Gasteiger partial charge in [-0.15, -0.1) is 6.42 Å². The van der Waals surface area contributed by atoms with Crippen molar-refractivity contribution in [1.82, 2.24) is 0 Å². The number of aliphatic imine (C=N–C) groups is 1. The standard InChI is InChI=1S/C15H8FNS/c1-2-13-14(7-4-8-15(13)17-10-18)11-5-3-6-12(16)9-11/h1,3-9H. The zero-order chi connectivity index (χ0) is 13.0. The molecule has 0 N–H and O–H groups in total. The maximum absolute atomic E-state index is 13.2. The van der Waals surface area contributed by atoms with Gasteiger partial charge in [-0.2, -0.15) is 4.99 Å². The fraction of sp³-hybridized carbons (Fsp3) is 0. The van der Waals surface area contributed by atoms with Crippen molar-refractivity contribution in [1.29, 1.82) is 0 Å². The SMILES string of the molecule is C#Cc1c(N=C=S)cccc1-c1cccc(F)c1. The van der Waals surface area contributed by atoms with Crippen molar-refractivity contribution in [3.8, 4) is 23.5 Å². The Morgan fingerprint density at radius 3 is 2.61 bits per heavy atom. The molecule has 2 aromatic rings. The van der Waals surface area contributed by atoms with Gasteiger partial charge < -0.3 is 0 Å². The molecule has 1 nitrogen and oxygen atoms in total. The van der Waals surface area contributed by atoms with E-state index in [1.165, 1.54) is 12.1 Å². The fourth-order valence-corrected chi connectivity index (χ4v) is 1.83. The minimum Gasteiger partial charge on any atom is -0.207 e. The van der Waals surface area contributed by atoms with Gasteiger partial charge in [-0.1, -0.05) is 30.2 Å². The number of benzene rings is 2. The summed E-state index contributed by atoms with van der Waals surface area (Å²) in [7, 11) is 0. The first-order valence-electron chi connectivity index (χ1n) is 5.19. The number of rotatable bonds is 2. The van der Waals surface area contributed by atoms with Crippen LogP contribution in [0, 0.1) is 18.2 Å². The van der Waals surface area contributed by atoms with Crippen molar-refractivity contribution >= 4 is 23.1 Å². The molecule has 18 heavy (non-hydrogen) atoms. The average Bonchev–Trinajstić information content (AvgIpc) is 2.39. The number of thiocarbonyl (C=S) groups is 1. The van der Waals surface area contributed by atoms with Gasteiger partial charge in [0.25, 0.3) is 0 Å². The zero-order valence-electron chi connectivity index (χ0n) is 9.35. The molecule has 0 aliphatic carbocycles. The first kappa shape index (κ1) is 12.2. The van der Waals surface area contributed by atoms with Crippen LogP contribution >= 0.6 is 12.2 Å². The lowest BCUT2D eigenvalue weighted by Gasteiger charge is -2.07. The summed E-state index contributed by atoms with van der Waals surface area (Å²) in [4.78, 5) is 3.91. The molecule has 2 rings (SSSR count). The van der Waals surface area contributed by atoms with Gasteiger partial charge >= 0.3 is 0 Å². The third-order valence-electron chi connectivity index (χ3n) is 2.49. The van der Waals surface area contributed by atoms with Crippen LogP contribution in [0.5, 0.6) is 0 Å². The minimum atomic E-state index is -0.306. The van der Waals surface area contributed by atoms with Crippen molar-refractivity contribution in [2.75, 3.05) is 0 Å². The van der Waals surface area contributed by atoms with Crippen molar-refractivity contribution < 1.29 is 4.39 Å². The van der Waals surface area contributed by atoms with Crippen LogP contribution in [0.25, 0.3) is 11.1 Å². The highest BCUT2D eigenvalue weighted by Gasteiger charge is 2.08. The Morgan fingerprint density at radius 1 is 1.17 bits per heavy atom. The number of hydrogen-bond donors (Lipinski definition) is 0. The monoisotopic (exact) mass is 253 g/mol. The summed E-state index contributed by atoms with van der Waals surface area (Å²) in [5.41, 5.74) is 2.61. The summed E-state index contributed by atoms with van der Waals surface area (Å²) in [5.74, 6) is 2.26. The molecule has 0 saturated carbocycles. The molecule has 0 unspecified atom stereocenters. The van der Waals surface area contributed by atoms with E-state index in [1.807, 2.05) is 6.07 Å². The molecule has 2 aromatic carbocycles. The van der Waals surface area contributed by atoms with E-state index >= 15 is 0 Å². The highest BCUT2D eigenvalue weighted by molar-refractivity contribution is 7.78. The molecule has 0 heterocycles. The topological polar surface area (TPSA) is 12.4 Å². The summed E-state index contributed by atoms with van der Waals surface area (Å²) in [5, 5.41) is 2.29. The van der Waals surface area contributed by atoms with E-state index in [0.29, 0.717) is 16.8 Å². The summed E-state index contributed by atoms with van der Waals surface area (Å²) in [6.07, 6.45) is 5.49. The molecule has 0 bridgehead atoms. The lowest BCUT2D eigenvalue weighted by molar-refractivity contribution is 0.628. The van der Waals surface area contributed by atoms with Crippen molar-refractivity contribution in [3.63, 3.8) is 0 Å². The minimum absolute atomic E-state index is 0.306. The van der Waals surface area contributed by atoms with Crippen LogP contribution in [0.2, 0.25) is 0 Å². The summed E-state index contributed by atoms with van der Waals surface area (Å²) >= 11 is 4.58. The van der Waals surface area contributed by atoms with E-state index in [0.717, 1.165) is 5.56 Å². The normalized spacial score (nSPS) is 9.33. The lowest BCUT2D eigenvalue weighted by atomic mass is 9.98. The van der Waals surface area contributed by atoms with Gasteiger partial charge in [0, 0.05) is 0 Å². The van der Waals surface area contributed by atoms with Gasteiger partial charge in [-0.25, -0.2) is 4.39 Å². The van der Waals surface area contributed by atoms with E-state index < -0.39 is 0 Å². The van der Waals surface area contributed by atoms with Crippen molar-refractivity contribution in [2.45, 2.75) is 0 Å². The molecule has 0 aromatic heterocycles. The Labute approximate surface area is 110 Å². The van der Waals surface area contributed by atoms with E-state index in [9.17, 15) is 4.39 Å². The summed E-state index contributed by atoms with van der Waals surface area (Å²) < 4.78 is 13.2. The fourth-order valence-electron chi connectivity index (χ4n) is 1.73. The number of nitrogens with zero attached hydrogens (tertiary/aromatic N) is 1. The van der Waals surface area contributed by atoms with Crippen LogP contribution in [0.4, 0.5) is 10.1 Å². The molecule has 0 spiro atoms. The van der Waals surface area contributed by atoms with Crippen LogP contribution in [-0.2, 0) is 0 Å². The molecule has 3 heteroatoms. The largest absolute Gasteiger partial charge is 0.207 e. The lowest BCUT2D eigenvalue weighted by Crippen LogP contribution is -1.86. The highest BCUT2D eigenvalue weighted by atomic mass is 32.1. The van der Waals surface area contributed by atoms with Gasteiger partial charge in [-0.05, 0) is 41.5 Å². The van der Waals surface area contributed by atoms with Gasteiger partial charge in [0.1, 0.15) is 5.82 Å². The van der Waals surface area contributed by atoms with Gasteiger partial charge in [-0.3, -0.25) is 0 Å². The van der Waals surface area contributed by atoms with E-state index in [2.05, 4.69) is 28.3 Å². The Bertz CT molecular complexity index is 679. The van der Waals surface area contributed by atoms with Crippen molar-refractivity contribution in [2.24, 2.45) is 4.99 Å². The Hall–Kier alpha value is -2.27. The first-order valence-corrected chi connectivity index (χ1v) is 5.60. The maximum Gasteiger partial charge on any atom is 0.123 e. The number of halogens is 1. The molecule has 0 atom stereocenters. The second-order valence-corrected chi connectivity index (χ2v) is 3.74. The van der Waals surface area contributed by atoms with Crippen LogP contribution in [0.1, 0.15) is 5.56 Å². The predicted octanol–water partition coefficient (Wildman–Crippen LogP) is 4.21. The Balaban J connectivity index is 2.69. The van der Waals surface area contributed by atoms with E-state index in [-0.39, 0.29) is 5.82 Å². The van der Waals surface area contributed by atoms with Crippen LogP contribution < -0.4 is 0 Å². The third kappa shape index (κ3) is 2.36. The summed E-state index contributed by atoms with van der Waals surface area (Å²) in [6, 6.07) is 11.6. The molecule has 0 saturated heterocycles. The van der Waals surface area contributed by atoms with Crippen LogP contribution in [0.15, 0.2) is 47.5 Å². The highest BCUT2D eigenvalue weighted by Crippen LogP contribution is 2.30. The number of isothiocyanates is 1.